The Morgan fingerprint density at radius 1 is 1.12 bits per heavy atom. The van der Waals surface area contributed by atoms with E-state index in [4.69, 9.17) is 0 Å². The van der Waals surface area contributed by atoms with Crippen LogP contribution in [0, 0.1) is 23.0 Å². The highest BCUT2D eigenvalue weighted by atomic mass is 16.6. The van der Waals surface area contributed by atoms with E-state index < -0.39 is 4.92 Å². The second-order valence-electron chi connectivity index (χ2n) is 6.97. The largest absolute Gasteiger partial charge is 0.339 e. The number of piperidine rings is 1. The van der Waals surface area contributed by atoms with Gasteiger partial charge in [-0.2, -0.15) is 0 Å². The molecule has 2 aromatic carbocycles. The standard InChI is InChI=1S/C21H24N2O3/c1-16-19(8-5-9-20(16)23(25)26)21(24)22-14-12-18(13-15-22)11-10-17-6-3-2-4-7-17/h2-9,18H,10-15H2,1H3. The maximum absolute atomic E-state index is 12.8. The molecule has 0 atom stereocenters. The van der Waals surface area contributed by atoms with Crippen molar-refractivity contribution in [1.82, 2.24) is 4.90 Å². The first kappa shape index (κ1) is 18.1. The van der Waals surface area contributed by atoms with E-state index in [9.17, 15) is 14.9 Å². The molecule has 0 unspecified atom stereocenters. The summed E-state index contributed by atoms with van der Waals surface area (Å²) in [6.45, 7) is 3.10. The lowest BCUT2D eigenvalue weighted by Gasteiger charge is -2.32. The third-order valence-electron chi connectivity index (χ3n) is 5.32. The van der Waals surface area contributed by atoms with Crippen molar-refractivity contribution >= 4 is 11.6 Å². The molecule has 1 fully saturated rings. The van der Waals surface area contributed by atoms with E-state index in [1.807, 2.05) is 11.0 Å². The van der Waals surface area contributed by atoms with Crippen molar-refractivity contribution in [3.63, 3.8) is 0 Å². The number of carbonyl (C=O) groups is 1. The van der Waals surface area contributed by atoms with Gasteiger partial charge in [-0.3, -0.25) is 14.9 Å². The Morgan fingerprint density at radius 2 is 1.81 bits per heavy atom. The number of nitro groups is 1. The Kier molecular flexibility index (Phi) is 5.66. The van der Waals surface area contributed by atoms with Crippen LogP contribution in [0.15, 0.2) is 48.5 Å². The smallest absolute Gasteiger partial charge is 0.273 e. The van der Waals surface area contributed by atoms with Gasteiger partial charge in [-0.1, -0.05) is 36.4 Å². The lowest BCUT2D eigenvalue weighted by molar-refractivity contribution is -0.385. The molecule has 1 saturated heterocycles. The molecule has 136 valence electrons. The predicted molar refractivity (Wildman–Crippen MR) is 101 cm³/mol. The summed E-state index contributed by atoms with van der Waals surface area (Å²) in [7, 11) is 0. The Balaban J connectivity index is 1.57. The number of rotatable bonds is 5. The lowest BCUT2D eigenvalue weighted by Crippen LogP contribution is -2.38. The van der Waals surface area contributed by atoms with Crippen LogP contribution in [0.2, 0.25) is 0 Å². The number of amides is 1. The van der Waals surface area contributed by atoms with Gasteiger partial charge in [0.2, 0.25) is 0 Å². The summed E-state index contributed by atoms with van der Waals surface area (Å²) in [5.41, 5.74) is 2.27. The number of aryl methyl sites for hydroxylation is 1. The molecule has 5 nitrogen and oxygen atoms in total. The van der Waals surface area contributed by atoms with E-state index in [0.29, 0.717) is 17.0 Å². The van der Waals surface area contributed by atoms with Crippen LogP contribution in [0.5, 0.6) is 0 Å². The number of benzene rings is 2. The van der Waals surface area contributed by atoms with E-state index in [2.05, 4.69) is 24.3 Å². The van der Waals surface area contributed by atoms with Crippen LogP contribution < -0.4 is 0 Å². The third-order valence-corrected chi connectivity index (χ3v) is 5.32. The quantitative estimate of drug-likeness (QED) is 0.592. The molecule has 1 amide bonds. The highest BCUT2D eigenvalue weighted by molar-refractivity contribution is 5.96. The van der Waals surface area contributed by atoms with Crippen LogP contribution in [0.1, 0.15) is 40.7 Å². The second-order valence-corrected chi connectivity index (χ2v) is 6.97. The fraction of sp³-hybridized carbons (Fsp3) is 0.381. The molecule has 0 N–H and O–H groups in total. The van der Waals surface area contributed by atoms with Crippen LogP contribution in [0.4, 0.5) is 5.69 Å². The van der Waals surface area contributed by atoms with Gasteiger partial charge in [-0.25, -0.2) is 0 Å². The summed E-state index contributed by atoms with van der Waals surface area (Å²) >= 11 is 0. The molecule has 1 aliphatic heterocycles. The highest BCUT2D eigenvalue weighted by Crippen LogP contribution is 2.26. The van der Waals surface area contributed by atoms with E-state index in [1.54, 1.807) is 19.1 Å². The molecular formula is C21H24N2O3. The van der Waals surface area contributed by atoms with Gasteiger partial charge in [0, 0.05) is 30.3 Å². The summed E-state index contributed by atoms with van der Waals surface area (Å²) in [4.78, 5) is 25.3. The molecule has 0 aliphatic carbocycles. The SMILES string of the molecule is Cc1c(C(=O)N2CCC(CCc3ccccc3)CC2)cccc1[N+](=O)[O-]. The number of hydrogen-bond acceptors (Lipinski definition) is 3. The van der Waals surface area contributed by atoms with Gasteiger partial charge in [-0.05, 0) is 50.2 Å². The van der Waals surface area contributed by atoms with E-state index in [-0.39, 0.29) is 11.6 Å². The van der Waals surface area contributed by atoms with E-state index >= 15 is 0 Å². The van der Waals surface area contributed by atoms with Gasteiger partial charge in [0.25, 0.3) is 11.6 Å². The zero-order chi connectivity index (χ0) is 18.5. The van der Waals surface area contributed by atoms with Gasteiger partial charge >= 0.3 is 0 Å². The van der Waals surface area contributed by atoms with Crippen LogP contribution in [0.25, 0.3) is 0 Å². The number of nitro benzene ring substituents is 1. The molecule has 2 aromatic rings. The highest BCUT2D eigenvalue weighted by Gasteiger charge is 2.26. The summed E-state index contributed by atoms with van der Waals surface area (Å²) in [5, 5.41) is 11.1. The fourth-order valence-corrected chi connectivity index (χ4v) is 3.66. The first-order chi connectivity index (χ1) is 12.6. The van der Waals surface area contributed by atoms with Crippen molar-refractivity contribution in [2.24, 2.45) is 5.92 Å². The molecule has 26 heavy (non-hydrogen) atoms. The third kappa shape index (κ3) is 4.10. The molecule has 3 rings (SSSR count). The molecule has 0 bridgehead atoms. The minimum atomic E-state index is -0.429. The second kappa shape index (κ2) is 8.13. The number of hydrogen-bond donors (Lipinski definition) is 0. The maximum atomic E-state index is 12.8. The predicted octanol–water partition coefficient (Wildman–Crippen LogP) is 4.39. The van der Waals surface area contributed by atoms with E-state index in [1.165, 1.54) is 11.6 Å². The Morgan fingerprint density at radius 3 is 2.46 bits per heavy atom. The first-order valence-electron chi connectivity index (χ1n) is 9.13. The topological polar surface area (TPSA) is 63.5 Å². The van der Waals surface area contributed by atoms with Crippen LogP contribution >= 0.6 is 0 Å². The van der Waals surface area contributed by atoms with Crippen molar-refractivity contribution in [3.8, 4) is 0 Å². The van der Waals surface area contributed by atoms with Crippen molar-refractivity contribution in [2.75, 3.05) is 13.1 Å². The van der Waals surface area contributed by atoms with Crippen LogP contribution in [-0.4, -0.2) is 28.8 Å². The zero-order valence-electron chi connectivity index (χ0n) is 15.1. The monoisotopic (exact) mass is 352 g/mol. The summed E-state index contributed by atoms with van der Waals surface area (Å²) in [6.07, 6.45) is 4.20. The summed E-state index contributed by atoms with van der Waals surface area (Å²) < 4.78 is 0. The Hall–Kier alpha value is -2.69. The summed E-state index contributed by atoms with van der Waals surface area (Å²) in [6, 6.07) is 15.2. The molecule has 0 spiro atoms. The molecule has 0 radical (unpaired) electrons. The van der Waals surface area contributed by atoms with Gasteiger partial charge in [-0.15, -0.1) is 0 Å². The number of likely N-dealkylation sites (tertiary alicyclic amines) is 1. The minimum absolute atomic E-state index is 0.00796. The first-order valence-corrected chi connectivity index (χ1v) is 9.13. The average molecular weight is 352 g/mol. The molecule has 1 heterocycles. The van der Waals surface area contributed by atoms with Gasteiger partial charge in [0.1, 0.15) is 0 Å². The van der Waals surface area contributed by atoms with Crippen molar-refractivity contribution in [3.05, 3.63) is 75.3 Å². The van der Waals surface area contributed by atoms with E-state index in [0.717, 1.165) is 38.8 Å². The number of carbonyl (C=O) groups excluding carboxylic acids is 1. The molecule has 0 saturated carbocycles. The number of nitrogens with zero attached hydrogens (tertiary/aromatic N) is 2. The van der Waals surface area contributed by atoms with Gasteiger partial charge < -0.3 is 4.90 Å². The van der Waals surface area contributed by atoms with Crippen molar-refractivity contribution in [1.29, 1.82) is 0 Å². The molecule has 0 aromatic heterocycles. The van der Waals surface area contributed by atoms with Crippen molar-refractivity contribution < 1.29 is 9.72 Å². The fourth-order valence-electron chi connectivity index (χ4n) is 3.66. The molecule has 5 heteroatoms. The Labute approximate surface area is 153 Å². The van der Waals surface area contributed by atoms with Crippen LogP contribution in [0.3, 0.4) is 0 Å². The molecular weight excluding hydrogens is 328 g/mol. The zero-order valence-corrected chi connectivity index (χ0v) is 15.1. The normalized spacial score (nSPS) is 15.0. The average Bonchev–Trinajstić information content (AvgIpc) is 2.67. The lowest BCUT2D eigenvalue weighted by atomic mass is 9.90. The Bertz CT molecular complexity index is 781. The van der Waals surface area contributed by atoms with Gasteiger partial charge in [0.05, 0.1) is 4.92 Å². The summed E-state index contributed by atoms with van der Waals surface area (Å²) in [5.74, 6) is 0.540. The molecule has 1 aliphatic rings. The maximum Gasteiger partial charge on any atom is 0.273 e. The van der Waals surface area contributed by atoms with Gasteiger partial charge in [0.15, 0.2) is 0 Å². The van der Waals surface area contributed by atoms with Crippen LogP contribution in [-0.2, 0) is 6.42 Å². The van der Waals surface area contributed by atoms with Crippen molar-refractivity contribution in [2.45, 2.75) is 32.6 Å². The minimum Gasteiger partial charge on any atom is -0.339 e.